The fraction of sp³-hybridized carbons (Fsp3) is 0.412. The molecule has 0 aliphatic rings. The lowest BCUT2D eigenvalue weighted by Gasteiger charge is -2.11. The Bertz CT molecular complexity index is 991. The van der Waals surface area contributed by atoms with E-state index in [4.69, 9.17) is 4.74 Å². The largest absolute Gasteiger partial charge is 0.465 e. The number of rotatable bonds is 5. The zero-order chi connectivity index (χ0) is 19.8. The van der Waals surface area contributed by atoms with Gasteiger partial charge in [-0.3, -0.25) is 9.48 Å². The third kappa shape index (κ3) is 3.64. The van der Waals surface area contributed by atoms with Gasteiger partial charge in [-0.2, -0.15) is 23.4 Å². The first kappa shape index (κ1) is 18.9. The summed E-state index contributed by atoms with van der Waals surface area (Å²) in [6.45, 7) is 5.39. The van der Waals surface area contributed by atoms with E-state index in [1.807, 2.05) is 6.92 Å². The van der Waals surface area contributed by atoms with Crippen molar-refractivity contribution in [2.24, 2.45) is 0 Å². The second-order valence-corrected chi connectivity index (χ2v) is 5.88. The van der Waals surface area contributed by atoms with Gasteiger partial charge in [-0.25, -0.2) is 9.67 Å². The number of ether oxygens (including phenoxy) is 1. The number of halogens is 3. The molecule has 0 saturated carbocycles. The standard InChI is InChI=1S/C17H18F3N5O2/c1-4-24-8-11(7-21-24)13-6-12(17(18,19)20)15-10(3)23-25(16(15)22-13)9-14(26)27-5-2/h6-8H,4-5,9H2,1-3H3. The van der Waals surface area contributed by atoms with Gasteiger partial charge in [0.15, 0.2) is 5.65 Å². The summed E-state index contributed by atoms with van der Waals surface area (Å²) in [6, 6.07) is 0.989. The fourth-order valence-electron chi connectivity index (χ4n) is 2.83. The van der Waals surface area contributed by atoms with Crippen LogP contribution in [-0.4, -0.2) is 37.1 Å². The Kier molecular flexibility index (Phi) is 4.90. The summed E-state index contributed by atoms with van der Waals surface area (Å²) in [5.41, 5.74) is -0.163. The number of fused-ring (bicyclic) bond motifs is 1. The lowest BCUT2D eigenvalue weighted by molar-refractivity contribution is -0.144. The smallest absolute Gasteiger partial charge is 0.417 e. The summed E-state index contributed by atoms with van der Waals surface area (Å²) < 4.78 is 48.6. The number of aromatic nitrogens is 5. The monoisotopic (exact) mass is 381 g/mol. The summed E-state index contributed by atoms with van der Waals surface area (Å²) in [4.78, 5) is 16.1. The molecule has 0 N–H and O–H groups in total. The van der Waals surface area contributed by atoms with E-state index >= 15 is 0 Å². The predicted octanol–water partition coefficient (Wildman–Crippen LogP) is 3.21. The van der Waals surface area contributed by atoms with Crippen molar-refractivity contribution in [2.75, 3.05) is 6.61 Å². The van der Waals surface area contributed by atoms with Gasteiger partial charge in [0.05, 0.1) is 35.1 Å². The van der Waals surface area contributed by atoms with Crippen LogP contribution in [0.15, 0.2) is 18.5 Å². The quantitative estimate of drug-likeness (QED) is 0.635. The molecular formula is C17H18F3N5O2. The van der Waals surface area contributed by atoms with Crippen LogP contribution in [0.5, 0.6) is 0 Å². The molecule has 0 unspecified atom stereocenters. The molecule has 0 aliphatic carbocycles. The number of aryl methyl sites for hydroxylation is 2. The van der Waals surface area contributed by atoms with Crippen LogP contribution in [0.1, 0.15) is 25.1 Å². The number of hydrogen-bond acceptors (Lipinski definition) is 5. The van der Waals surface area contributed by atoms with Crippen molar-refractivity contribution in [3.8, 4) is 11.3 Å². The number of nitrogens with zero attached hydrogens (tertiary/aromatic N) is 5. The summed E-state index contributed by atoms with van der Waals surface area (Å²) >= 11 is 0. The molecule has 0 fully saturated rings. The number of alkyl halides is 3. The highest BCUT2D eigenvalue weighted by atomic mass is 19.4. The highest BCUT2D eigenvalue weighted by molar-refractivity contribution is 5.86. The molecule has 27 heavy (non-hydrogen) atoms. The Morgan fingerprint density at radius 1 is 1.30 bits per heavy atom. The van der Waals surface area contributed by atoms with Crippen molar-refractivity contribution in [1.82, 2.24) is 24.5 Å². The van der Waals surface area contributed by atoms with Gasteiger partial charge in [0.2, 0.25) is 0 Å². The Morgan fingerprint density at radius 3 is 2.63 bits per heavy atom. The average Bonchev–Trinajstić information content (AvgIpc) is 3.19. The molecule has 3 heterocycles. The summed E-state index contributed by atoms with van der Waals surface area (Å²) in [5.74, 6) is -0.596. The molecule has 0 aromatic carbocycles. The Morgan fingerprint density at radius 2 is 2.04 bits per heavy atom. The first-order valence-electron chi connectivity index (χ1n) is 8.38. The maximum absolute atomic E-state index is 13.7. The number of pyridine rings is 1. The van der Waals surface area contributed by atoms with Crippen LogP contribution in [0, 0.1) is 6.92 Å². The second-order valence-electron chi connectivity index (χ2n) is 5.88. The van der Waals surface area contributed by atoms with Gasteiger partial charge < -0.3 is 4.74 Å². The van der Waals surface area contributed by atoms with Crippen LogP contribution >= 0.6 is 0 Å². The van der Waals surface area contributed by atoms with Gasteiger partial charge in [-0.1, -0.05) is 0 Å². The highest BCUT2D eigenvalue weighted by Gasteiger charge is 2.36. The second kappa shape index (κ2) is 7.01. The molecule has 144 valence electrons. The highest BCUT2D eigenvalue weighted by Crippen LogP contribution is 2.38. The fourth-order valence-corrected chi connectivity index (χ4v) is 2.83. The van der Waals surface area contributed by atoms with E-state index in [0.717, 1.165) is 10.7 Å². The summed E-state index contributed by atoms with van der Waals surface area (Å²) in [7, 11) is 0. The van der Waals surface area contributed by atoms with Gasteiger partial charge >= 0.3 is 12.1 Å². The van der Waals surface area contributed by atoms with Crippen molar-refractivity contribution >= 4 is 17.0 Å². The van der Waals surface area contributed by atoms with Crippen LogP contribution in [0.4, 0.5) is 13.2 Å². The van der Waals surface area contributed by atoms with Crippen LogP contribution in [0.3, 0.4) is 0 Å². The minimum absolute atomic E-state index is 0.0189. The number of carbonyl (C=O) groups is 1. The van der Waals surface area contributed by atoms with E-state index in [-0.39, 0.29) is 35.6 Å². The average molecular weight is 381 g/mol. The first-order chi connectivity index (χ1) is 12.7. The van der Waals surface area contributed by atoms with Crippen molar-refractivity contribution in [3.05, 3.63) is 29.7 Å². The Labute approximate surface area is 152 Å². The molecule has 3 rings (SSSR count). The molecule has 0 atom stereocenters. The van der Waals surface area contributed by atoms with Crippen LogP contribution < -0.4 is 0 Å². The predicted molar refractivity (Wildman–Crippen MR) is 90.8 cm³/mol. The summed E-state index contributed by atoms with van der Waals surface area (Å²) in [6.07, 6.45) is -1.52. The third-order valence-electron chi connectivity index (χ3n) is 4.02. The molecule has 0 amide bonds. The van der Waals surface area contributed by atoms with Gasteiger partial charge in [-0.05, 0) is 26.8 Å². The maximum atomic E-state index is 13.7. The van der Waals surface area contributed by atoms with Gasteiger partial charge in [0.1, 0.15) is 6.54 Å². The van der Waals surface area contributed by atoms with Crippen molar-refractivity contribution in [1.29, 1.82) is 0 Å². The molecule has 0 saturated heterocycles. The van der Waals surface area contributed by atoms with Crippen molar-refractivity contribution in [2.45, 2.75) is 40.0 Å². The van der Waals surface area contributed by atoms with E-state index < -0.39 is 17.7 Å². The van der Waals surface area contributed by atoms with Crippen LogP contribution in [0.2, 0.25) is 0 Å². The molecule has 10 heteroatoms. The summed E-state index contributed by atoms with van der Waals surface area (Å²) in [5, 5.41) is 8.03. The minimum Gasteiger partial charge on any atom is -0.465 e. The normalized spacial score (nSPS) is 11.9. The zero-order valence-corrected chi connectivity index (χ0v) is 15.0. The van der Waals surface area contributed by atoms with E-state index in [9.17, 15) is 18.0 Å². The van der Waals surface area contributed by atoms with Crippen molar-refractivity contribution in [3.63, 3.8) is 0 Å². The van der Waals surface area contributed by atoms with E-state index in [1.54, 1.807) is 17.8 Å². The first-order valence-corrected chi connectivity index (χ1v) is 8.38. The van der Waals surface area contributed by atoms with Crippen LogP contribution in [-0.2, 0) is 28.8 Å². The molecule has 0 aliphatic heterocycles. The van der Waals surface area contributed by atoms with Crippen LogP contribution in [0.25, 0.3) is 22.3 Å². The lowest BCUT2D eigenvalue weighted by atomic mass is 10.1. The van der Waals surface area contributed by atoms with Gasteiger partial charge in [0.25, 0.3) is 0 Å². The molecular weight excluding hydrogens is 363 g/mol. The SMILES string of the molecule is CCOC(=O)Cn1nc(C)c2c(C(F)(F)F)cc(-c3cnn(CC)c3)nc21. The number of hydrogen-bond donors (Lipinski definition) is 0. The number of esters is 1. The van der Waals surface area contributed by atoms with Gasteiger partial charge in [-0.15, -0.1) is 0 Å². The zero-order valence-electron chi connectivity index (χ0n) is 15.0. The van der Waals surface area contributed by atoms with E-state index in [1.165, 1.54) is 13.1 Å². The Balaban J connectivity index is 2.22. The van der Waals surface area contributed by atoms with E-state index in [0.29, 0.717) is 12.1 Å². The molecule has 0 bridgehead atoms. The van der Waals surface area contributed by atoms with E-state index in [2.05, 4.69) is 15.2 Å². The molecule has 3 aromatic rings. The lowest BCUT2D eigenvalue weighted by Crippen LogP contribution is -2.15. The minimum atomic E-state index is -4.60. The topological polar surface area (TPSA) is 74.8 Å². The van der Waals surface area contributed by atoms with Gasteiger partial charge in [0, 0.05) is 18.3 Å². The molecule has 0 radical (unpaired) electrons. The maximum Gasteiger partial charge on any atom is 0.417 e. The molecule has 3 aromatic heterocycles. The third-order valence-corrected chi connectivity index (χ3v) is 4.02. The Hall–Kier alpha value is -2.91. The molecule has 0 spiro atoms. The number of carbonyl (C=O) groups excluding carboxylic acids is 1. The molecule has 7 nitrogen and oxygen atoms in total. The van der Waals surface area contributed by atoms with Crippen molar-refractivity contribution < 1.29 is 22.7 Å².